The standard InChI is InChI=1S/C24H30N2O4/c1-7-9-15-13-25-22(26-14-15)29-17-11-10-16(8-2)18(12-17)19-20(27)23(3,4)30-24(5,6)21(19)28/h10-14,19H,7-9H2,1-6H3. The molecule has 0 bridgehead atoms. The van der Waals surface area contributed by atoms with Gasteiger partial charge in [-0.15, -0.1) is 0 Å². The van der Waals surface area contributed by atoms with Crippen molar-refractivity contribution >= 4 is 11.6 Å². The highest BCUT2D eigenvalue weighted by Gasteiger charge is 2.53. The summed E-state index contributed by atoms with van der Waals surface area (Å²) < 4.78 is 11.7. The number of carbonyl (C=O) groups is 2. The predicted octanol–water partition coefficient (Wildman–Crippen LogP) is 4.59. The maximum atomic E-state index is 13.2. The van der Waals surface area contributed by atoms with Gasteiger partial charge >= 0.3 is 6.01 Å². The molecule has 0 spiro atoms. The summed E-state index contributed by atoms with van der Waals surface area (Å²) in [6, 6.07) is 5.71. The fourth-order valence-corrected chi connectivity index (χ4v) is 3.98. The second-order valence-corrected chi connectivity index (χ2v) is 8.72. The van der Waals surface area contributed by atoms with Crippen LogP contribution in [0, 0.1) is 0 Å². The molecule has 1 fully saturated rings. The molecule has 1 saturated heterocycles. The zero-order valence-electron chi connectivity index (χ0n) is 18.6. The van der Waals surface area contributed by atoms with Crippen molar-refractivity contribution in [3.05, 3.63) is 47.3 Å². The number of benzene rings is 1. The van der Waals surface area contributed by atoms with E-state index in [1.54, 1.807) is 46.2 Å². The van der Waals surface area contributed by atoms with Crippen LogP contribution in [-0.4, -0.2) is 32.7 Å². The predicted molar refractivity (Wildman–Crippen MR) is 114 cm³/mol. The van der Waals surface area contributed by atoms with Gasteiger partial charge in [0, 0.05) is 12.4 Å². The molecule has 0 N–H and O–H groups in total. The van der Waals surface area contributed by atoms with Crippen LogP contribution < -0.4 is 4.74 Å². The third-order valence-electron chi connectivity index (χ3n) is 5.46. The lowest BCUT2D eigenvalue weighted by molar-refractivity contribution is -0.184. The molecule has 2 heterocycles. The molecule has 0 aliphatic carbocycles. The minimum atomic E-state index is -1.05. The van der Waals surface area contributed by atoms with Gasteiger partial charge in [-0.25, -0.2) is 9.97 Å². The Labute approximate surface area is 178 Å². The fourth-order valence-electron chi connectivity index (χ4n) is 3.98. The molecule has 0 saturated carbocycles. The van der Waals surface area contributed by atoms with Gasteiger partial charge < -0.3 is 9.47 Å². The molecule has 1 aromatic heterocycles. The average molecular weight is 411 g/mol. The Morgan fingerprint density at radius 3 is 2.13 bits per heavy atom. The number of Topliss-reactive ketones (excluding diaryl/α,β-unsaturated/α-hetero) is 2. The van der Waals surface area contributed by atoms with Gasteiger partial charge in [0.25, 0.3) is 0 Å². The molecule has 6 heteroatoms. The van der Waals surface area contributed by atoms with Gasteiger partial charge in [-0.1, -0.05) is 26.3 Å². The summed E-state index contributed by atoms with van der Waals surface area (Å²) in [6.45, 7) is 11.0. The summed E-state index contributed by atoms with van der Waals surface area (Å²) in [5, 5.41) is 0. The van der Waals surface area contributed by atoms with E-state index >= 15 is 0 Å². The SMILES string of the molecule is CCCc1cnc(Oc2ccc(CC)c(C3C(=O)C(C)(C)OC(C)(C)C3=O)c2)nc1. The van der Waals surface area contributed by atoms with Crippen LogP contribution in [0.15, 0.2) is 30.6 Å². The van der Waals surface area contributed by atoms with Crippen molar-refractivity contribution in [2.45, 2.75) is 77.9 Å². The zero-order valence-corrected chi connectivity index (χ0v) is 18.6. The third-order valence-corrected chi connectivity index (χ3v) is 5.46. The molecule has 1 aliphatic heterocycles. The lowest BCUT2D eigenvalue weighted by Crippen LogP contribution is -2.58. The number of rotatable bonds is 6. The van der Waals surface area contributed by atoms with E-state index in [1.165, 1.54) is 0 Å². The van der Waals surface area contributed by atoms with Crippen molar-refractivity contribution in [3.63, 3.8) is 0 Å². The summed E-state index contributed by atoms with van der Waals surface area (Å²) in [6.07, 6.45) is 6.13. The van der Waals surface area contributed by atoms with Crippen molar-refractivity contribution in [2.75, 3.05) is 0 Å². The normalized spacial score (nSPS) is 18.5. The second kappa shape index (κ2) is 8.26. The number of nitrogens with zero attached hydrogens (tertiary/aromatic N) is 2. The minimum Gasteiger partial charge on any atom is -0.424 e. The van der Waals surface area contributed by atoms with E-state index in [0.29, 0.717) is 17.7 Å². The van der Waals surface area contributed by atoms with Crippen LogP contribution in [0.2, 0.25) is 0 Å². The first-order valence-electron chi connectivity index (χ1n) is 10.5. The summed E-state index contributed by atoms with van der Waals surface area (Å²) in [7, 11) is 0. The Bertz CT molecular complexity index is 922. The maximum Gasteiger partial charge on any atom is 0.321 e. The van der Waals surface area contributed by atoms with E-state index in [9.17, 15) is 9.59 Å². The minimum absolute atomic E-state index is 0.232. The molecule has 0 atom stereocenters. The largest absolute Gasteiger partial charge is 0.424 e. The fraction of sp³-hybridized carbons (Fsp3) is 0.500. The average Bonchev–Trinajstić information content (AvgIpc) is 2.68. The lowest BCUT2D eigenvalue weighted by atomic mass is 9.73. The molecule has 160 valence electrons. The summed E-state index contributed by atoms with van der Waals surface area (Å²) in [5.41, 5.74) is 0.540. The van der Waals surface area contributed by atoms with Gasteiger partial charge in [-0.05, 0) is 69.4 Å². The summed E-state index contributed by atoms with van der Waals surface area (Å²) in [5.74, 6) is -0.874. The van der Waals surface area contributed by atoms with E-state index < -0.39 is 17.1 Å². The first-order valence-corrected chi connectivity index (χ1v) is 10.5. The first kappa shape index (κ1) is 22.1. The topological polar surface area (TPSA) is 78.4 Å². The summed E-state index contributed by atoms with van der Waals surface area (Å²) in [4.78, 5) is 34.9. The Balaban J connectivity index is 1.98. The van der Waals surface area contributed by atoms with E-state index in [4.69, 9.17) is 9.47 Å². The second-order valence-electron chi connectivity index (χ2n) is 8.72. The van der Waals surface area contributed by atoms with Gasteiger partial charge in [-0.2, -0.15) is 0 Å². The Morgan fingerprint density at radius 2 is 1.60 bits per heavy atom. The van der Waals surface area contributed by atoms with Gasteiger partial charge in [0.1, 0.15) is 22.9 Å². The van der Waals surface area contributed by atoms with Crippen LogP contribution in [0.25, 0.3) is 0 Å². The van der Waals surface area contributed by atoms with E-state index in [-0.39, 0.29) is 17.6 Å². The van der Waals surface area contributed by atoms with Crippen molar-refractivity contribution in [1.29, 1.82) is 0 Å². The van der Waals surface area contributed by atoms with Gasteiger partial charge in [0.2, 0.25) is 0 Å². The number of carbonyl (C=O) groups excluding carboxylic acids is 2. The maximum absolute atomic E-state index is 13.2. The lowest BCUT2D eigenvalue weighted by Gasteiger charge is -2.43. The molecule has 2 aromatic rings. The monoisotopic (exact) mass is 410 g/mol. The van der Waals surface area contributed by atoms with Crippen LogP contribution in [0.5, 0.6) is 11.8 Å². The van der Waals surface area contributed by atoms with E-state index in [0.717, 1.165) is 24.0 Å². The molecule has 0 amide bonds. The number of ketones is 2. The number of ether oxygens (including phenoxy) is 2. The molecule has 30 heavy (non-hydrogen) atoms. The third kappa shape index (κ3) is 4.29. The molecular weight excluding hydrogens is 380 g/mol. The molecule has 0 unspecified atom stereocenters. The van der Waals surface area contributed by atoms with Crippen LogP contribution in [0.4, 0.5) is 0 Å². The van der Waals surface area contributed by atoms with Crippen LogP contribution in [0.1, 0.15) is 70.6 Å². The summed E-state index contributed by atoms with van der Waals surface area (Å²) >= 11 is 0. The van der Waals surface area contributed by atoms with E-state index in [1.807, 2.05) is 19.1 Å². The molecule has 1 aliphatic rings. The molecule has 1 aromatic carbocycles. The highest BCUT2D eigenvalue weighted by Crippen LogP contribution is 2.40. The van der Waals surface area contributed by atoms with Crippen LogP contribution >= 0.6 is 0 Å². The van der Waals surface area contributed by atoms with Crippen molar-refractivity contribution < 1.29 is 19.1 Å². The van der Waals surface area contributed by atoms with Crippen LogP contribution in [-0.2, 0) is 27.2 Å². The Hall–Kier alpha value is -2.60. The van der Waals surface area contributed by atoms with Gasteiger partial charge in [0.05, 0.1) is 0 Å². The number of hydrogen-bond acceptors (Lipinski definition) is 6. The van der Waals surface area contributed by atoms with Crippen molar-refractivity contribution in [1.82, 2.24) is 9.97 Å². The first-order chi connectivity index (χ1) is 14.1. The number of aryl methyl sites for hydroxylation is 2. The smallest absolute Gasteiger partial charge is 0.321 e. The number of hydrogen-bond donors (Lipinski definition) is 0. The molecular formula is C24H30N2O4. The van der Waals surface area contributed by atoms with Crippen molar-refractivity contribution in [2.24, 2.45) is 0 Å². The Kier molecular flexibility index (Phi) is 6.09. The molecule has 6 nitrogen and oxygen atoms in total. The highest BCUT2D eigenvalue weighted by atomic mass is 16.5. The number of aromatic nitrogens is 2. The quantitative estimate of drug-likeness (QED) is 0.648. The Morgan fingerprint density at radius 1 is 1.00 bits per heavy atom. The highest BCUT2D eigenvalue weighted by molar-refractivity contribution is 6.15. The van der Waals surface area contributed by atoms with E-state index in [2.05, 4.69) is 16.9 Å². The van der Waals surface area contributed by atoms with Gasteiger partial charge in [-0.3, -0.25) is 9.59 Å². The zero-order chi connectivity index (χ0) is 22.1. The van der Waals surface area contributed by atoms with Crippen LogP contribution in [0.3, 0.4) is 0 Å². The molecule has 3 rings (SSSR count). The van der Waals surface area contributed by atoms with Crippen molar-refractivity contribution in [3.8, 4) is 11.8 Å². The van der Waals surface area contributed by atoms with Gasteiger partial charge in [0.15, 0.2) is 11.6 Å². The molecule has 0 radical (unpaired) electrons.